The van der Waals surface area contributed by atoms with E-state index >= 15 is 0 Å². The van der Waals surface area contributed by atoms with Crippen LogP contribution in [0.1, 0.15) is 46.5 Å². The number of nitrogens with one attached hydrogen (secondary N) is 2. The highest BCUT2D eigenvalue weighted by atomic mass is 16.2. The van der Waals surface area contributed by atoms with Gasteiger partial charge in [0, 0.05) is 19.1 Å². The van der Waals surface area contributed by atoms with Crippen molar-refractivity contribution in [2.75, 3.05) is 26.2 Å². The van der Waals surface area contributed by atoms with E-state index < -0.39 is 0 Å². The van der Waals surface area contributed by atoms with Crippen molar-refractivity contribution in [3.05, 3.63) is 0 Å². The quantitative estimate of drug-likeness (QED) is 0.710. The van der Waals surface area contributed by atoms with Crippen LogP contribution in [-0.4, -0.2) is 49.1 Å². The van der Waals surface area contributed by atoms with Gasteiger partial charge in [0.25, 0.3) is 0 Å². The van der Waals surface area contributed by atoms with Gasteiger partial charge in [-0.2, -0.15) is 0 Å². The third-order valence-corrected chi connectivity index (χ3v) is 4.51. The predicted molar refractivity (Wildman–Crippen MR) is 82.6 cm³/mol. The van der Waals surface area contributed by atoms with Crippen LogP contribution in [0.4, 0.5) is 0 Å². The molecule has 2 N–H and O–H groups in total. The molecular formula is C16H31N3O. The van der Waals surface area contributed by atoms with Crippen LogP contribution in [0.25, 0.3) is 0 Å². The van der Waals surface area contributed by atoms with E-state index in [1.807, 2.05) is 6.92 Å². The molecule has 1 amide bonds. The van der Waals surface area contributed by atoms with Gasteiger partial charge in [-0.25, -0.2) is 0 Å². The third-order valence-electron chi connectivity index (χ3n) is 4.51. The fourth-order valence-electron chi connectivity index (χ4n) is 2.87. The van der Waals surface area contributed by atoms with Crippen LogP contribution in [0.5, 0.6) is 0 Å². The maximum Gasteiger partial charge on any atom is 0.236 e. The summed E-state index contributed by atoms with van der Waals surface area (Å²) in [7, 11) is 0. The zero-order chi connectivity index (χ0) is 14.5. The average molecular weight is 281 g/mol. The van der Waals surface area contributed by atoms with E-state index in [-0.39, 0.29) is 11.9 Å². The largest absolute Gasteiger partial charge is 0.355 e. The standard InChI is InChI=1S/C16H31N3O/c1-12(2)6-8-17-16(20)13(3)18-10-14-7-9-19(11-14)15-4-5-15/h12-15,18H,4-11H2,1-3H3,(H,17,20). The summed E-state index contributed by atoms with van der Waals surface area (Å²) in [6, 6.07) is 0.814. The summed E-state index contributed by atoms with van der Waals surface area (Å²) in [6.07, 6.45) is 5.13. The maximum atomic E-state index is 11.9. The summed E-state index contributed by atoms with van der Waals surface area (Å²) in [4.78, 5) is 14.6. The Morgan fingerprint density at radius 3 is 2.65 bits per heavy atom. The summed E-state index contributed by atoms with van der Waals surface area (Å²) in [5.41, 5.74) is 0. The predicted octanol–water partition coefficient (Wildman–Crippen LogP) is 1.61. The molecule has 2 fully saturated rings. The van der Waals surface area contributed by atoms with Crippen LogP contribution in [0, 0.1) is 11.8 Å². The molecule has 1 aliphatic heterocycles. The molecule has 1 saturated carbocycles. The van der Waals surface area contributed by atoms with Gasteiger partial charge in [-0.05, 0) is 57.5 Å². The van der Waals surface area contributed by atoms with E-state index in [9.17, 15) is 4.79 Å². The summed E-state index contributed by atoms with van der Waals surface area (Å²) >= 11 is 0. The van der Waals surface area contributed by atoms with Crippen LogP contribution in [0.2, 0.25) is 0 Å². The van der Waals surface area contributed by atoms with Crippen molar-refractivity contribution >= 4 is 5.91 Å². The van der Waals surface area contributed by atoms with Crippen LogP contribution < -0.4 is 10.6 Å². The highest BCUT2D eigenvalue weighted by molar-refractivity contribution is 5.81. The van der Waals surface area contributed by atoms with Crippen LogP contribution >= 0.6 is 0 Å². The second-order valence-corrected chi connectivity index (χ2v) is 6.98. The summed E-state index contributed by atoms with van der Waals surface area (Å²) in [5.74, 6) is 1.51. The molecule has 0 bridgehead atoms. The lowest BCUT2D eigenvalue weighted by Crippen LogP contribution is -2.44. The van der Waals surface area contributed by atoms with E-state index in [0.717, 1.165) is 31.5 Å². The molecule has 1 saturated heterocycles. The number of hydrogen-bond acceptors (Lipinski definition) is 3. The molecule has 0 aromatic carbocycles. The number of carbonyl (C=O) groups is 1. The lowest BCUT2D eigenvalue weighted by molar-refractivity contribution is -0.122. The first kappa shape index (κ1) is 15.8. The van der Waals surface area contributed by atoms with Crippen LogP contribution in [-0.2, 0) is 4.79 Å². The van der Waals surface area contributed by atoms with Crippen molar-refractivity contribution in [3.63, 3.8) is 0 Å². The Morgan fingerprint density at radius 2 is 2.00 bits per heavy atom. The molecule has 1 aliphatic carbocycles. The summed E-state index contributed by atoms with van der Waals surface area (Å²) < 4.78 is 0. The van der Waals surface area contributed by atoms with E-state index in [1.165, 1.54) is 32.4 Å². The first-order chi connectivity index (χ1) is 9.56. The normalized spacial score (nSPS) is 25.1. The Morgan fingerprint density at radius 1 is 1.25 bits per heavy atom. The molecule has 2 unspecified atom stereocenters. The van der Waals surface area contributed by atoms with Gasteiger partial charge in [0.2, 0.25) is 5.91 Å². The molecule has 4 heteroatoms. The Balaban J connectivity index is 1.57. The van der Waals surface area contributed by atoms with Gasteiger partial charge in [0.05, 0.1) is 6.04 Å². The van der Waals surface area contributed by atoms with Crippen molar-refractivity contribution in [1.29, 1.82) is 0 Å². The summed E-state index contributed by atoms with van der Waals surface area (Å²) in [6.45, 7) is 10.6. The minimum Gasteiger partial charge on any atom is -0.355 e. The fraction of sp³-hybridized carbons (Fsp3) is 0.938. The van der Waals surface area contributed by atoms with Crippen molar-refractivity contribution in [2.45, 2.75) is 58.5 Å². The van der Waals surface area contributed by atoms with Gasteiger partial charge in [0.1, 0.15) is 0 Å². The van der Waals surface area contributed by atoms with Crippen molar-refractivity contribution < 1.29 is 4.79 Å². The van der Waals surface area contributed by atoms with Crippen LogP contribution in [0.15, 0.2) is 0 Å². The van der Waals surface area contributed by atoms with Crippen molar-refractivity contribution in [3.8, 4) is 0 Å². The molecule has 0 radical (unpaired) electrons. The molecule has 116 valence electrons. The Kier molecular flexibility index (Phi) is 5.85. The highest BCUT2D eigenvalue weighted by Gasteiger charge is 2.34. The lowest BCUT2D eigenvalue weighted by atomic mass is 10.1. The first-order valence-electron chi connectivity index (χ1n) is 8.31. The number of likely N-dealkylation sites (tertiary alicyclic amines) is 1. The summed E-state index contributed by atoms with van der Waals surface area (Å²) in [5, 5.41) is 6.42. The molecule has 1 heterocycles. The molecule has 2 rings (SSSR count). The topological polar surface area (TPSA) is 44.4 Å². The number of rotatable bonds is 8. The lowest BCUT2D eigenvalue weighted by Gasteiger charge is -2.18. The van der Waals surface area contributed by atoms with Gasteiger partial charge in [0.15, 0.2) is 0 Å². The fourth-order valence-corrected chi connectivity index (χ4v) is 2.87. The smallest absolute Gasteiger partial charge is 0.236 e. The van der Waals surface area contributed by atoms with E-state index in [0.29, 0.717) is 5.92 Å². The van der Waals surface area contributed by atoms with Crippen LogP contribution in [0.3, 0.4) is 0 Å². The third kappa shape index (κ3) is 5.06. The molecule has 20 heavy (non-hydrogen) atoms. The minimum atomic E-state index is -0.0721. The molecule has 2 atom stereocenters. The molecular weight excluding hydrogens is 250 g/mol. The van der Waals surface area contributed by atoms with E-state index in [2.05, 4.69) is 29.4 Å². The van der Waals surface area contributed by atoms with Gasteiger partial charge >= 0.3 is 0 Å². The minimum absolute atomic E-state index is 0.0721. The Hall–Kier alpha value is -0.610. The number of carbonyl (C=O) groups excluding carboxylic acids is 1. The maximum absolute atomic E-state index is 11.9. The van der Waals surface area contributed by atoms with Gasteiger partial charge in [-0.3, -0.25) is 4.79 Å². The van der Waals surface area contributed by atoms with Crippen molar-refractivity contribution in [1.82, 2.24) is 15.5 Å². The zero-order valence-corrected chi connectivity index (χ0v) is 13.3. The molecule has 0 spiro atoms. The SMILES string of the molecule is CC(C)CCNC(=O)C(C)NCC1CCN(C2CC2)C1. The second kappa shape index (κ2) is 7.41. The number of nitrogens with zero attached hydrogens (tertiary/aromatic N) is 1. The molecule has 0 aromatic rings. The number of amides is 1. The molecule has 0 aromatic heterocycles. The monoisotopic (exact) mass is 281 g/mol. The highest BCUT2D eigenvalue weighted by Crippen LogP contribution is 2.31. The van der Waals surface area contributed by atoms with Gasteiger partial charge in [-0.15, -0.1) is 0 Å². The molecule has 2 aliphatic rings. The zero-order valence-electron chi connectivity index (χ0n) is 13.3. The van der Waals surface area contributed by atoms with E-state index in [1.54, 1.807) is 0 Å². The van der Waals surface area contributed by atoms with Gasteiger partial charge in [-0.1, -0.05) is 13.8 Å². The average Bonchev–Trinajstić information content (AvgIpc) is 3.15. The van der Waals surface area contributed by atoms with Gasteiger partial charge < -0.3 is 15.5 Å². The van der Waals surface area contributed by atoms with Crippen molar-refractivity contribution in [2.24, 2.45) is 11.8 Å². The Bertz CT molecular complexity index is 315. The first-order valence-corrected chi connectivity index (χ1v) is 8.31. The Labute approximate surface area is 123 Å². The number of hydrogen-bond donors (Lipinski definition) is 2. The van der Waals surface area contributed by atoms with E-state index in [4.69, 9.17) is 0 Å². The molecule has 4 nitrogen and oxygen atoms in total. The second-order valence-electron chi connectivity index (χ2n) is 6.98.